The summed E-state index contributed by atoms with van der Waals surface area (Å²) in [6.07, 6.45) is -1.52. The van der Waals surface area contributed by atoms with Crippen LogP contribution in [0.2, 0.25) is 0 Å². The number of aliphatic hydroxyl groups is 2. The highest BCUT2D eigenvalue weighted by Crippen LogP contribution is 2.38. The Morgan fingerprint density at radius 3 is 2.24 bits per heavy atom. The van der Waals surface area contributed by atoms with Gasteiger partial charge < -0.3 is 30.1 Å². The first kappa shape index (κ1) is 30.4. The molecule has 3 aromatic carbocycles. The van der Waals surface area contributed by atoms with E-state index >= 15 is 0 Å². The maximum Gasteiger partial charge on any atom is 0.303 e. The maximum atomic E-state index is 12.0. The molecule has 0 spiro atoms. The molecule has 0 saturated carbocycles. The minimum atomic E-state index is -1.02. The van der Waals surface area contributed by atoms with Gasteiger partial charge in [0.15, 0.2) is 6.29 Å². The standard InChI is InChI=1S/C32H38N2O7/c1-21(31(39)24-6-4-3-5-7-24)34(2)19-27-18-28(23-10-8-22(20-35)9-11-23)41-32(40-27)25-12-14-26(15-13-25)33-29(36)16-17-30(37)38/h3-15,21,27-28,31-32,35,39H,16-20H2,1-2H3,(H,33,36)(H,37,38)/t21-,27-,28+,31-,32+/m0/s1. The second-order valence-electron chi connectivity index (χ2n) is 10.4. The number of hydrogen-bond donors (Lipinski definition) is 4. The van der Waals surface area contributed by atoms with Gasteiger partial charge in [0.2, 0.25) is 5.91 Å². The average Bonchev–Trinajstić information content (AvgIpc) is 3.00. The van der Waals surface area contributed by atoms with Gasteiger partial charge in [-0.2, -0.15) is 0 Å². The summed E-state index contributed by atoms with van der Waals surface area (Å²) in [6, 6.07) is 24.2. The van der Waals surface area contributed by atoms with Crippen molar-refractivity contribution in [3.63, 3.8) is 0 Å². The fraction of sp³-hybridized carbons (Fsp3) is 0.375. The lowest BCUT2D eigenvalue weighted by Crippen LogP contribution is -2.43. The predicted octanol–water partition coefficient (Wildman–Crippen LogP) is 4.58. The third-order valence-electron chi connectivity index (χ3n) is 7.43. The number of carboxylic acids is 1. The van der Waals surface area contributed by atoms with Gasteiger partial charge in [-0.3, -0.25) is 14.5 Å². The molecule has 3 aromatic rings. The average molecular weight is 563 g/mol. The van der Waals surface area contributed by atoms with Crippen LogP contribution < -0.4 is 5.32 Å². The van der Waals surface area contributed by atoms with E-state index in [-0.39, 0.29) is 43.6 Å². The summed E-state index contributed by atoms with van der Waals surface area (Å²) in [7, 11) is 1.97. The van der Waals surface area contributed by atoms with Crippen LogP contribution in [0.1, 0.15) is 66.9 Å². The van der Waals surface area contributed by atoms with Gasteiger partial charge in [0.05, 0.1) is 31.3 Å². The highest BCUT2D eigenvalue weighted by molar-refractivity contribution is 5.92. The first-order valence-electron chi connectivity index (χ1n) is 13.8. The second-order valence-corrected chi connectivity index (χ2v) is 10.4. The van der Waals surface area contributed by atoms with Crippen LogP contribution in [-0.2, 0) is 25.7 Å². The first-order chi connectivity index (χ1) is 19.7. The van der Waals surface area contributed by atoms with Crippen molar-refractivity contribution in [3.05, 3.63) is 101 Å². The lowest BCUT2D eigenvalue weighted by molar-refractivity contribution is -0.253. The third kappa shape index (κ3) is 8.45. The fourth-order valence-electron chi connectivity index (χ4n) is 4.86. The van der Waals surface area contributed by atoms with Crippen LogP contribution >= 0.6 is 0 Å². The van der Waals surface area contributed by atoms with Crippen LogP contribution in [0.15, 0.2) is 78.9 Å². The highest BCUT2D eigenvalue weighted by Gasteiger charge is 2.34. The van der Waals surface area contributed by atoms with E-state index < -0.39 is 18.4 Å². The van der Waals surface area contributed by atoms with Crippen LogP contribution in [0.5, 0.6) is 0 Å². The number of rotatable bonds is 12. The van der Waals surface area contributed by atoms with Crippen molar-refractivity contribution in [2.24, 2.45) is 0 Å². The molecule has 0 unspecified atom stereocenters. The SMILES string of the molecule is C[C@@H]([C@H](O)c1ccccc1)N(C)C[C@@H]1C[C@H](c2ccc(CO)cc2)O[C@H](c2ccc(NC(=O)CCC(=O)O)cc2)O1. The van der Waals surface area contributed by atoms with E-state index in [0.29, 0.717) is 18.7 Å². The molecule has 218 valence electrons. The lowest BCUT2D eigenvalue weighted by atomic mass is 9.98. The molecule has 41 heavy (non-hydrogen) atoms. The smallest absolute Gasteiger partial charge is 0.303 e. The summed E-state index contributed by atoms with van der Waals surface area (Å²) < 4.78 is 12.8. The number of nitrogens with zero attached hydrogens (tertiary/aromatic N) is 1. The fourth-order valence-corrected chi connectivity index (χ4v) is 4.86. The largest absolute Gasteiger partial charge is 0.481 e. The van der Waals surface area contributed by atoms with Gasteiger partial charge in [0, 0.05) is 36.7 Å². The van der Waals surface area contributed by atoms with E-state index in [1.807, 2.05) is 80.7 Å². The van der Waals surface area contributed by atoms with Gasteiger partial charge >= 0.3 is 5.97 Å². The van der Waals surface area contributed by atoms with Crippen LogP contribution in [0.4, 0.5) is 5.69 Å². The van der Waals surface area contributed by atoms with Gasteiger partial charge in [-0.25, -0.2) is 0 Å². The van der Waals surface area contributed by atoms with Crippen LogP contribution in [-0.4, -0.2) is 57.8 Å². The van der Waals surface area contributed by atoms with Crippen molar-refractivity contribution >= 4 is 17.6 Å². The van der Waals surface area contributed by atoms with Crippen molar-refractivity contribution in [1.29, 1.82) is 0 Å². The summed E-state index contributed by atoms with van der Waals surface area (Å²) in [5, 5.41) is 31.9. The minimum absolute atomic E-state index is 0.0359. The molecular weight excluding hydrogens is 524 g/mol. The topological polar surface area (TPSA) is 129 Å². The number of carbonyl (C=O) groups is 2. The van der Waals surface area contributed by atoms with Crippen LogP contribution in [0.25, 0.3) is 0 Å². The molecule has 9 nitrogen and oxygen atoms in total. The van der Waals surface area contributed by atoms with E-state index in [1.54, 1.807) is 12.1 Å². The Balaban J connectivity index is 1.48. The van der Waals surface area contributed by atoms with Crippen molar-refractivity contribution in [3.8, 4) is 0 Å². The lowest BCUT2D eigenvalue weighted by Gasteiger charge is -2.39. The Morgan fingerprint density at radius 2 is 1.61 bits per heavy atom. The van der Waals surface area contributed by atoms with Crippen LogP contribution in [0.3, 0.4) is 0 Å². The molecule has 0 aromatic heterocycles. The molecule has 1 fully saturated rings. The molecule has 1 aliphatic rings. The monoisotopic (exact) mass is 562 g/mol. The second kappa shape index (κ2) is 14.3. The molecule has 0 radical (unpaired) electrons. The van der Waals surface area contributed by atoms with Gasteiger partial charge in [0.1, 0.15) is 0 Å². The molecule has 1 saturated heterocycles. The molecule has 4 N–H and O–H groups in total. The van der Waals surface area contributed by atoms with Crippen molar-refractivity contribution < 1.29 is 34.4 Å². The molecule has 1 heterocycles. The van der Waals surface area contributed by atoms with E-state index in [0.717, 1.165) is 22.3 Å². The van der Waals surface area contributed by atoms with Gasteiger partial charge in [-0.15, -0.1) is 0 Å². The van der Waals surface area contributed by atoms with E-state index in [2.05, 4.69) is 10.2 Å². The number of carbonyl (C=O) groups excluding carboxylic acids is 1. The van der Waals surface area contributed by atoms with Crippen molar-refractivity contribution in [2.45, 2.75) is 63.4 Å². The van der Waals surface area contributed by atoms with E-state index in [4.69, 9.17) is 14.6 Å². The number of aliphatic carboxylic acids is 1. The van der Waals surface area contributed by atoms with E-state index in [1.165, 1.54) is 0 Å². The third-order valence-corrected chi connectivity index (χ3v) is 7.43. The predicted molar refractivity (Wildman–Crippen MR) is 154 cm³/mol. The van der Waals surface area contributed by atoms with Gasteiger partial charge in [-0.05, 0) is 42.8 Å². The summed E-state index contributed by atoms with van der Waals surface area (Å²) in [5.41, 5.74) is 3.97. The Hall–Kier alpha value is -3.60. The molecule has 1 amide bonds. The number of carboxylic acid groups (broad SMARTS) is 1. The highest BCUT2D eigenvalue weighted by atomic mass is 16.7. The Morgan fingerprint density at radius 1 is 0.951 bits per heavy atom. The number of hydrogen-bond acceptors (Lipinski definition) is 7. The van der Waals surface area contributed by atoms with Crippen molar-refractivity contribution in [1.82, 2.24) is 4.90 Å². The Labute approximate surface area is 240 Å². The molecular formula is C32H38N2O7. The van der Waals surface area contributed by atoms with E-state index in [9.17, 15) is 19.8 Å². The number of benzene rings is 3. The van der Waals surface area contributed by atoms with Crippen LogP contribution in [0, 0.1) is 0 Å². The number of nitrogens with one attached hydrogen (secondary N) is 1. The summed E-state index contributed by atoms with van der Waals surface area (Å²) >= 11 is 0. The molecule has 4 rings (SSSR count). The summed E-state index contributed by atoms with van der Waals surface area (Å²) in [5.74, 6) is -1.39. The number of aliphatic hydroxyl groups excluding tert-OH is 2. The van der Waals surface area contributed by atoms with Gasteiger partial charge in [0.25, 0.3) is 0 Å². The number of likely N-dealkylation sites (N-methyl/N-ethyl adjacent to an activating group) is 1. The molecule has 9 heteroatoms. The normalized spacial score (nSPS) is 20.4. The number of anilines is 1. The zero-order chi connectivity index (χ0) is 29.4. The van der Waals surface area contributed by atoms with Gasteiger partial charge in [-0.1, -0.05) is 66.7 Å². The quantitative estimate of drug-likeness (QED) is 0.253. The number of ether oxygens (including phenoxy) is 2. The Bertz CT molecular complexity index is 1270. The summed E-state index contributed by atoms with van der Waals surface area (Å²) in [6.45, 7) is 2.52. The number of amides is 1. The zero-order valence-electron chi connectivity index (χ0n) is 23.3. The maximum absolute atomic E-state index is 12.0. The minimum Gasteiger partial charge on any atom is -0.481 e. The zero-order valence-corrected chi connectivity index (χ0v) is 23.3. The molecule has 0 aliphatic carbocycles. The molecule has 1 aliphatic heterocycles. The molecule has 0 bridgehead atoms. The summed E-state index contributed by atoms with van der Waals surface area (Å²) in [4.78, 5) is 24.8. The first-order valence-corrected chi connectivity index (χ1v) is 13.8. The Kier molecular flexibility index (Phi) is 10.6. The molecule has 5 atom stereocenters. The van der Waals surface area contributed by atoms with Crippen molar-refractivity contribution in [2.75, 3.05) is 18.9 Å².